The van der Waals surface area contributed by atoms with Crippen LogP contribution in [0.3, 0.4) is 0 Å². The van der Waals surface area contributed by atoms with Crippen LogP contribution in [-0.4, -0.2) is 42.5 Å². The first-order valence-corrected chi connectivity index (χ1v) is 5.59. The number of nitrogens with one attached hydrogen (secondary N) is 1. The molecule has 1 N–H and O–H groups in total. The summed E-state index contributed by atoms with van der Waals surface area (Å²) < 4.78 is 10.6. The number of hydrogen-bond acceptors (Lipinski definition) is 3. The molecule has 1 unspecified atom stereocenters. The second kappa shape index (κ2) is 3.65. The standard InChI is InChI=1S/C11H21BN2O2/c1-9(2)10(3,4)13-8(15)11(9,5)14(6)7-12-16/h7H2,1-6H3,(H,13,15). The quantitative estimate of drug-likeness (QED) is 0.715. The van der Waals surface area contributed by atoms with Crippen molar-refractivity contribution >= 4 is 13.1 Å². The molecule has 1 rings (SSSR count). The summed E-state index contributed by atoms with van der Waals surface area (Å²) >= 11 is 0. The van der Waals surface area contributed by atoms with Crippen LogP contribution in [0.1, 0.15) is 34.6 Å². The average Bonchev–Trinajstić information content (AvgIpc) is 2.25. The number of carbonyl (C=O) groups is 1. The van der Waals surface area contributed by atoms with Crippen molar-refractivity contribution in [3.8, 4) is 0 Å². The van der Waals surface area contributed by atoms with E-state index in [0.717, 1.165) is 7.15 Å². The molecule has 0 aliphatic carbocycles. The van der Waals surface area contributed by atoms with Crippen LogP contribution in [-0.2, 0) is 9.50 Å². The van der Waals surface area contributed by atoms with Gasteiger partial charge < -0.3 is 0 Å². The molecular weight excluding hydrogens is 203 g/mol. The van der Waals surface area contributed by atoms with Gasteiger partial charge in [-0.05, 0) is 0 Å². The van der Waals surface area contributed by atoms with Gasteiger partial charge in [0.15, 0.2) is 0 Å². The molecule has 0 radical (unpaired) electrons. The molecule has 1 heterocycles. The summed E-state index contributed by atoms with van der Waals surface area (Å²) in [6.07, 6.45) is 0.267. The van der Waals surface area contributed by atoms with Crippen molar-refractivity contribution < 1.29 is 9.50 Å². The molecule has 0 spiro atoms. The van der Waals surface area contributed by atoms with Gasteiger partial charge >= 0.3 is 97.4 Å². The summed E-state index contributed by atoms with van der Waals surface area (Å²) in [6.45, 7) is 10.1. The van der Waals surface area contributed by atoms with Crippen LogP contribution >= 0.6 is 0 Å². The Balaban J connectivity index is 3.21. The van der Waals surface area contributed by atoms with Crippen LogP contribution < -0.4 is 5.32 Å². The molecule has 0 saturated carbocycles. The molecule has 0 aromatic carbocycles. The van der Waals surface area contributed by atoms with E-state index in [4.69, 9.17) is 0 Å². The number of amides is 1. The molecule has 0 bridgehead atoms. The van der Waals surface area contributed by atoms with E-state index in [1.807, 2.05) is 32.7 Å². The molecule has 1 aliphatic heterocycles. The molecule has 1 saturated heterocycles. The fraction of sp³-hybridized carbons (Fsp3) is 0.909. The van der Waals surface area contributed by atoms with E-state index in [9.17, 15) is 9.50 Å². The zero-order valence-corrected chi connectivity index (χ0v) is 11.0. The predicted octanol–water partition coefficient (Wildman–Crippen LogP) is 0.619. The predicted molar refractivity (Wildman–Crippen MR) is 63.5 cm³/mol. The van der Waals surface area contributed by atoms with E-state index >= 15 is 0 Å². The number of nitrogens with zero attached hydrogens (tertiary/aromatic N) is 1. The topological polar surface area (TPSA) is 49.4 Å². The van der Waals surface area contributed by atoms with Crippen molar-refractivity contribution in [3.05, 3.63) is 0 Å². The van der Waals surface area contributed by atoms with E-state index < -0.39 is 5.54 Å². The van der Waals surface area contributed by atoms with Gasteiger partial charge in [0, 0.05) is 0 Å². The van der Waals surface area contributed by atoms with Gasteiger partial charge in [0.25, 0.3) is 0 Å². The molecule has 1 amide bonds. The minimum atomic E-state index is -0.655. The van der Waals surface area contributed by atoms with Gasteiger partial charge in [-0.2, -0.15) is 0 Å². The number of carbonyl (C=O) groups excluding carboxylic acids is 1. The van der Waals surface area contributed by atoms with Crippen LogP contribution in [0, 0.1) is 5.41 Å². The van der Waals surface area contributed by atoms with Crippen molar-refractivity contribution in [3.63, 3.8) is 0 Å². The van der Waals surface area contributed by atoms with Gasteiger partial charge in [-0.3, -0.25) is 0 Å². The van der Waals surface area contributed by atoms with Gasteiger partial charge in [0.2, 0.25) is 0 Å². The number of hydrogen-bond donors (Lipinski definition) is 1. The van der Waals surface area contributed by atoms with E-state index in [1.54, 1.807) is 0 Å². The van der Waals surface area contributed by atoms with Crippen LogP contribution in [0.2, 0.25) is 0 Å². The molecule has 5 heteroatoms. The van der Waals surface area contributed by atoms with Gasteiger partial charge in [0.1, 0.15) is 0 Å². The third-order valence-electron chi connectivity index (χ3n) is 4.76. The van der Waals surface area contributed by atoms with Crippen molar-refractivity contribution in [2.45, 2.75) is 45.7 Å². The molecular formula is C11H21BN2O2. The molecule has 0 aromatic heterocycles. The minimum absolute atomic E-state index is 0.00755. The number of rotatable bonds is 3. The second-order valence-electron chi connectivity index (χ2n) is 5.82. The summed E-state index contributed by atoms with van der Waals surface area (Å²) in [7, 11) is 2.65. The van der Waals surface area contributed by atoms with Gasteiger partial charge in [-0.1, -0.05) is 0 Å². The molecule has 90 valence electrons. The Morgan fingerprint density at radius 3 is 2.06 bits per heavy atom. The first-order valence-electron chi connectivity index (χ1n) is 5.59. The molecule has 16 heavy (non-hydrogen) atoms. The van der Waals surface area contributed by atoms with Gasteiger partial charge in [0.05, 0.1) is 0 Å². The molecule has 1 atom stereocenters. The fourth-order valence-electron chi connectivity index (χ4n) is 2.40. The van der Waals surface area contributed by atoms with E-state index in [1.165, 1.54) is 0 Å². The maximum atomic E-state index is 12.2. The Morgan fingerprint density at radius 2 is 1.75 bits per heavy atom. The van der Waals surface area contributed by atoms with Crippen molar-refractivity contribution in [2.75, 3.05) is 13.5 Å². The van der Waals surface area contributed by atoms with Crippen molar-refractivity contribution in [2.24, 2.45) is 5.41 Å². The zero-order valence-electron chi connectivity index (χ0n) is 11.0. The monoisotopic (exact) mass is 224 g/mol. The van der Waals surface area contributed by atoms with E-state index in [2.05, 4.69) is 19.2 Å². The van der Waals surface area contributed by atoms with Gasteiger partial charge in [-0.25, -0.2) is 0 Å². The van der Waals surface area contributed by atoms with Crippen LogP contribution in [0.4, 0.5) is 0 Å². The van der Waals surface area contributed by atoms with Crippen LogP contribution in [0.25, 0.3) is 0 Å². The summed E-state index contributed by atoms with van der Waals surface area (Å²) in [6, 6.07) is 0. The molecule has 0 aromatic rings. The van der Waals surface area contributed by atoms with Crippen LogP contribution in [0.15, 0.2) is 0 Å². The summed E-state index contributed by atoms with van der Waals surface area (Å²) in [5.41, 5.74) is -1.19. The third kappa shape index (κ3) is 1.44. The van der Waals surface area contributed by atoms with Crippen LogP contribution in [0.5, 0.6) is 0 Å². The third-order valence-corrected chi connectivity index (χ3v) is 4.76. The maximum absolute atomic E-state index is 12.2. The summed E-state index contributed by atoms with van der Waals surface area (Å²) in [5.74, 6) is -0.00755. The van der Waals surface area contributed by atoms with Gasteiger partial charge in [-0.15, -0.1) is 0 Å². The molecule has 4 nitrogen and oxygen atoms in total. The molecule has 1 fully saturated rings. The Bertz CT molecular complexity index is 328. The Hall–Kier alpha value is -0.705. The zero-order chi connectivity index (χ0) is 12.8. The fourth-order valence-corrected chi connectivity index (χ4v) is 2.40. The summed E-state index contributed by atoms with van der Waals surface area (Å²) in [5, 5.41) is 3.02. The Morgan fingerprint density at radius 1 is 1.25 bits per heavy atom. The SMILES string of the molecule is CN(CB=O)C1(C)C(=O)NC(C)(C)C1(C)C. The Labute approximate surface area is 98.0 Å². The van der Waals surface area contributed by atoms with E-state index in [0.29, 0.717) is 0 Å². The van der Waals surface area contributed by atoms with Crippen molar-refractivity contribution in [1.82, 2.24) is 10.2 Å². The second-order valence-corrected chi connectivity index (χ2v) is 5.82. The first kappa shape index (κ1) is 13.4. The normalized spacial score (nSPS) is 31.3. The molecule has 1 aliphatic rings. The number of likely N-dealkylation sites (N-methyl/N-ethyl adjacent to an activating group) is 1. The van der Waals surface area contributed by atoms with Crippen molar-refractivity contribution in [1.29, 1.82) is 0 Å². The average molecular weight is 224 g/mol. The summed E-state index contributed by atoms with van der Waals surface area (Å²) in [4.78, 5) is 14.0. The Kier molecular flexibility index (Phi) is 3.05. The first-order chi connectivity index (χ1) is 7.11. The van der Waals surface area contributed by atoms with E-state index in [-0.39, 0.29) is 23.3 Å².